The van der Waals surface area contributed by atoms with Crippen LogP contribution in [0.4, 0.5) is 34.1 Å². The number of unbranched alkanes of at least 4 members (excludes halogenated alkanes) is 1. The number of carboxylic acid groups (broad SMARTS) is 3. The number of benzene rings is 9. The number of thiophene rings is 2. The number of nitriles is 3. The van der Waals surface area contributed by atoms with Gasteiger partial charge in [-0.1, -0.05) is 204 Å². The van der Waals surface area contributed by atoms with Gasteiger partial charge in [-0.25, -0.2) is 14.4 Å². The first kappa shape index (κ1) is 98.5. The molecule has 0 spiro atoms. The van der Waals surface area contributed by atoms with E-state index in [4.69, 9.17) is 59.9 Å². The highest BCUT2D eigenvalue weighted by Crippen LogP contribution is 2.57. The van der Waals surface area contributed by atoms with Crippen molar-refractivity contribution in [1.82, 2.24) is 0 Å². The largest absolute Gasteiger partial charge is 0.477 e. The summed E-state index contributed by atoms with van der Waals surface area (Å²) >= 11 is 5.13. The van der Waals surface area contributed by atoms with Crippen LogP contribution in [0.25, 0.3) is 77.9 Å². The molecular weight excluding hydrogens is 1650 g/mol. The summed E-state index contributed by atoms with van der Waals surface area (Å²) in [5.74, 6) is -0.843. The fourth-order valence-corrected chi connectivity index (χ4v) is 20.4. The molecule has 127 heavy (non-hydrogen) atoms. The van der Waals surface area contributed by atoms with Crippen molar-refractivity contribution in [3.63, 3.8) is 0 Å². The number of carboxylic acids is 3. The van der Waals surface area contributed by atoms with E-state index in [2.05, 4.69) is 211 Å². The molecule has 11 aromatic rings. The number of allylic oxidation sites excluding steroid dienone is 1. The van der Waals surface area contributed by atoms with Gasteiger partial charge in [0.25, 0.3) is 0 Å². The molecule has 5 heterocycles. The Morgan fingerprint density at radius 2 is 0.740 bits per heavy atom. The van der Waals surface area contributed by atoms with Gasteiger partial charge >= 0.3 is 36.4 Å². The summed E-state index contributed by atoms with van der Waals surface area (Å²) in [7, 11) is 0. The molecule has 6 unspecified atom stereocenters. The molecule has 3 fully saturated rings. The van der Waals surface area contributed by atoms with Gasteiger partial charge in [0.1, 0.15) is 34.9 Å². The second-order valence-corrected chi connectivity index (χ2v) is 33.7. The van der Waals surface area contributed by atoms with Crippen molar-refractivity contribution in [3.05, 3.63) is 291 Å². The standard InChI is InChI=1S/C37H32N2O2.C31H26N2O2S3.C31H30N2O2.3CO2.4CH4/c1-2-3-5-25-10-19-32(20-11-25)39-35-7-4-6-33(35)34-23-30(18-21-36(34)39)29-16-14-28(15-17-29)27-12-8-26(9-13-27)22-31(24-38)37(40)41;1-2-36-22-9-7-21(8-10-22)33-26-5-3-4-24(26)25-17-19(6-12-27(25)33)28-14-15-30(38-28)29-13-11-23(37-29)16-20(18-32)31(34)35;1-2-3-5-21-10-15-26(16-11-21)33-29-7-4-6-27(29)28-19-24(14-17-30(28)33)23-12-8-22(9-13-23)18-25(20-32)31(34)35;3*2-1-3;;;;/h3,5,8-23,33,35H,2,4,6-7H2,1H3,(H,40,41);6-17,24,26H,2-5H2,1H3,(H,34,35);8-19,27,29H,2-7H2,1H3,(H,34,35);;;;4*1H4. The molecule has 0 saturated heterocycles. The number of hydrogen-bond donors (Lipinski definition) is 3. The predicted octanol–water partition coefficient (Wildman–Crippen LogP) is 26.5. The van der Waals surface area contributed by atoms with Crippen LogP contribution in [-0.2, 0) is 49.6 Å². The quantitative estimate of drug-likeness (QED) is 0.0342. The topological polar surface area (TPSA) is 295 Å². The monoisotopic (exact) mass is 1750 g/mol. The lowest BCUT2D eigenvalue weighted by molar-refractivity contribution is -0.193. The highest BCUT2D eigenvalue weighted by molar-refractivity contribution is 7.99. The lowest BCUT2D eigenvalue weighted by Crippen LogP contribution is -2.26. The number of rotatable bonds is 21. The van der Waals surface area contributed by atoms with Crippen LogP contribution in [0.5, 0.6) is 0 Å². The van der Waals surface area contributed by atoms with Crippen LogP contribution in [0.15, 0.2) is 252 Å². The van der Waals surface area contributed by atoms with Gasteiger partial charge in [0, 0.05) is 94.4 Å². The van der Waals surface area contributed by atoms with E-state index in [1.165, 1.54) is 194 Å². The molecule has 9 aromatic carbocycles. The van der Waals surface area contributed by atoms with E-state index in [1.807, 2.05) is 72.4 Å². The van der Waals surface area contributed by atoms with E-state index in [9.17, 15) is 14.4 Å². The summed E-state index contributed by atoms with van der Waals surface area (Å²) in [5, 5.41) is 54.4. The van der Waals surface area contributed by atoms with Crippen LogP contribution in [-0.4, -0.2) is 75.6 Å². The fourth-order valence-electron chi connectivity index (χ4n) is 17.7. The molecule has 0 radical (unpaired) electrons. The van der Waals surface area contributed by atoms with Crippen LogP contribution < -0.4 is 14.7 Å². The number of anilines is 6. The number of carbonyl (C=O) groups excluding carboxylic acids is 6. The fraction of sp³-hybridized carbons (Fsp3) is 0.255. The highest BCUT2D eigenvalue weighted by atomic mass is 32.2. The summed E-state index contributed by atoms with van der Waals surface area (Å²) < 4.78 is 0. The SMILES string of the molecule is C.C.C.C.CCC=Cc1ccc(N2c3ccc(-c4ccc(-c5ccc(C=C(C#N)C(=O)O)cc5)cc4)cc3C3CCCC32)cc1.CCCCc1ccc(N2c3ccc(-c4ccc(C=C(C#N)C(=O)O)cc4)cc3C3CCCC32)cc1.CCSc1ccc(N2c3ccc(-c4ccc(-c5ccc(C=C(C#N)C(=O)O)s5)s4)cc3C3CCCC32)cc1.O=C=O.O=C=O.O=C=O. The maximum absolute atomic E-state index is 11.2. The molecule has 2 aromatic heterocycles. The molecule has 6 aliphatic rings. The Bertz CT molecular complexity index is 5980. The summed E-state index contributed by atoms with van der Waals surface area (Å²) in [6.07, 6.45) is 25.2. The van der Waals surface area contributed by atoms with E-state index >= 15 is 0 Å². The molecule has 18 nitrogen and oxygen atoms in total. The molecule has 3 N–H and O–H groups in total. The van der Waals surface area contributed by atoms with E-state index in [-0.39, 0.29) is 64.9 Å². The van der Waals surface area contributed by atoms with E-state index in [1.54, 1.807) is 29.5 Å². The van der Waals surface area contributed by atoms with Crippen molar-refractivity contribution >= 4 is 129 Å². The molecule has 6 atom stereocenters. The average Bonchev–Trinajstić information content (AvgIpc) is 1.60. The minimum Gasteiger partial charge on any atom is -0.477 e. The second-order valence-electron chi connectivity index (χ2n) is 30.2. The van der Waals surface area contributed by atoms with Crippen molar-refractivity contribution in [1.29, 1.82) is 15.8 Å². The summed E-state index contributed by atoms with van der Waals surface area (Å²) in [5.41, 5.74) is 23.5. The van der Waals surface area contributed by atoms with Gasteiger partial charge in [0.05, 0.1) is 0 Å². The molecule has 0 amide bonds. The van der Waals surface area contributed by atoms with Crippen LogP contribution >= 0.6 is 34.4 Å². The number of thioether (sulfide) groups is 1. The molecule has 21 heteroatoms. The number of aryl methyl sites for hydroxylation is 1. The molecule has 3 aliphatic carbocycles. The Labute approximate surface area is 756 Å². The Kier molecular flexibility index (Phi) is 36.7. The first-order chi connectivity index (χ1) is 59.9. The molecule has 648 valence electrons. The van der Waals surface area contributed by atoms with Gasteiger partial charge in [0.15, 0.2) is 0 Å². The van der Waals surface area contributed by atoms with Crippen LogP contribution in [0, 0.1) is 34.0 Å². The molecule has 3 saturated carbocycles. The number of fused-ring (bicyclic) bond motifs is 9. The Balaban J connectivity index is 0.000000222. The summed E-state index contributed by atoms with van der Waals surface area (Å²) in [6.45, 7) is 6.58. The second kappa shape index (κ2) is 47.3. The zero-order chi connectivity index (χ0) is 87.1. The van der Waals surface area contributed by atoms with E-state index in [0.717, 1.165) is 49.9 Å². The molecular formula is C106H104N6O12S3. The first-order valence-corrected chi connectivity index (χ1v) is 43.5. The minimum atomic E-state index is -1.22. The van der Waals surface area contributed by atoms with Crippen LogP contribution in [0.2, 0.25) is 0 Å². The lowest BCUT2D eigenvalue weighted by Gasteiger charge is -2.27. The number of hydrogen-bond acceptors (Lipinski definition) is 18. The number of carbonyl (C=O) groups is 3. The van der Waals surface area contributed by atoms with Gasteiger partial charge < -0.3 is 30.0 Å². The van der Waals surface area contributed by atoms with Crippen molar-refractivity contribution in [2.45, 2.75) is 175 Å². The van der Waals surface area contributed by atoms with Crippen molar-refractivity contribution in [3.8, 4) is 71.8 Å². The molecule has 0 bridgehead atoms. The van der Waals surface area contributed by atoms with Gasteiger partial charge in [0.2, 0.25) is 0 Å². The Morgan fingerprint density at radius 1 is 0.402 bits per heavy atom. The van der Waals surface area contributed by atoms with Crippen molar-refractivity contribution < 1.29 is 58.5 Å². The zero-order valence-corrected chi connectivity index (χ0v) is 70.5. The van der Waals surface area contributed by atoms with Crippen LogP contribution in [0.3, 0.4) is 0 Å². The third kappa shape index (κ3) is 23.2. The van der Waals surface area contributed by atoms with Gasteiger partial charge in [-0.05, 0) is 269 Å². The van der Waals surface area contributed by atoms with Gasteiger partial charge in [-0.2, -0.15) is 44.6 Å². The lowest BCUT2D eigenvalue weighted by atomic mass is 9.93. The number of aliphatic carboxylic acids is 3. The maximum Gasteiger partial charge on any atom is 0.373 e. The minimum absolute atomic E-state index is 0. The number of nitrogens with zero attached hydrogens (tertiary/aromatic N) is 6. The van der Waals surface area contributed by atoms with Crippen molar-refractivity contribution in [2.75, 3.05) is 20.5 Å². The molecule has 17 rings (SSSR count). The normalized spacial score (nSPS) is 16.6. The average molecular weight is 1750 g/mol. The van der Waals surface area contributed by atoms with Crippen molar-refractivity contribution in [2.24, 2.45) is 0 Å². The van der Waals surface area contributed by atoms with Gasteiger partial charge in [-0.3, -0.25) is 0 Å². The third-order valence-corrected chi connectivity index (χ3v) is 26.4. The Hall–Kier alpha value is -13.9. The van der Waals surface area contributed by atoms with E-state index in [0.29, 0.717) is 47.0 Å². The third-order valence-electron chi connectivity index (χ3n) is 23.1. The summed E-state index contributed by atoms with van der Waals surface area (Å²) in [4.78, 5) is 95.4. The summed E-state index contributed by atoms with van der Waals surface area (Å²) in [6, 6.07) is 86.8. The predicted molar refractivity (Wildman–Crippen MR) is 509 cm³/mol. The smallest absolute Gasteiger partial charge is 0.373 e. The zero-order valence-electron chi connectivity index (χ0n) is 68.0. The van der Waals surface area contributed by atoms with Crippen LogP contribution in [0.1, 0.15) is 189 Å². The van der Waals surface area contributed by atoms with E-state index < -0.39 is 17.9 Å². The molecule has 3 aliphatic heterocycles. The first-order valence-electron chi connectivity index (χ1n) is 40.9. The highest BCUT2D eigenvalue weighted by Gasteiger charge is 2.45. The Morgan fingerprint density at radius 3 is 1.13 bits per heavy atom. The maximum atomic E-state index is 11.2. The van der Waals surface area contributed by atoms with Gasteiger partial charge in [-0.15, -0.1) is 34.4 Å².